The van der Waals surface area contributed by atoms with Gasteiger partial charge in [-0.15, -0.1) is 0 Å². The van der Waals surface area contributed by atoms with E-state index in [1.165, 1.54) is 103 Å². The minimum atomic E-state index is -0.0607. The Morgan fingerprint density at radius 1 is 0.569 bits per heavy atom. The Bertz CT molecular complexity index is 3010. The molecule has 0 saturated heterocycles. The fourth-order valence-electron chi connectivity index (χ4n) is 11.7. The van der Waals surface area contributed by atoms with Crippen molar-refractivity contribution in [1.29, 1.82) is 0 Å². The Hall–Kier alpha value is -6.00. The van der Waals surface area contributed by atoms with Gasteiger partial charge >= 0.3 is 0 Å². The number of furan rings is 1. The molecule has 7 aromatic carbocycles. The van der Waals surface area contributed by atoms with Crippen LogP contribution in [-0.2, 0) is 10.8 Å². The molecule has 12 rings (SSSR count). The van der Waals surface area contributed by atoms with Gasteiger partial charge in [0, 0.05) is 50.6 Å². The summed E-state index contributed by atoms with van der Waals surface area (Å²) in [5.41, 5.74) is 20.1. The second-order valence-corrected chi connectivity index (χ2v) is 18.8. The lowest BCUT2D eigenvalue weighted by atomic mass is 9.37. The SMILES string of the molecule is CC(C)(C)c1ccc(N2c3cc4oc5ccccc5c4cc3B3c4ccccc4-c4cc(N5c6ccccc6C6(C)CCCCC56C)cc2c43)c(-c2ccccc2)c1. The average Bonchev–Trinajstić information content (AvgIpc) is 3.84. The van der Waals surface area contributed by atoms with E-state index in [2.05, 4.69) is 190 Å². The van der Waals surface area contributed by atoms with E-state index in [0.717, 1.165) is 23.0 Å². The number of fused-ring (bicyclic) bond motifs is 11. The van der Waals surface area contributed by atoms with Gasteiger partial charge in [0.1, 0.15) is 11.2 Å². The topological polar surface area (TPSA) is 19.6 Å². The lowest BCUT2D eigenvalue weighted by Gasteiger charge is -2.50. The summed E-state index contributed by atoms with van der Waals surface area (Å²) in [7, 11) is 0. The highest BCUT2D eigenvalue weighted by Crippen LogP contribution is 2.61. The smallest absolute Gasteiger partial charge is 0.248 e. The van der Waals surface area contributed by atoms with Crippen molar-refractivity contribution in [3.63, 3.8) is 0 Å². The monoisotopic (exact) mass is 750 g/mol. The van der Waals surface area contributed by atoms with Crippen LogP contribution in [0.3, 0.4) is 0 Å². The van der Waals surface area contributed by atoms with Gasteiger partial charge in [0.2, 0.25) is 6.71 Å². The predicted molar refractivity (Wildman–Crippen MR) is 245 cm³/mol. The van der Waals surface area contributed by atoms with E-state index in [0.29, 0.717) is 0 Å². The van der Waals surface area contributed by atoms with Crippen LogP contribution in [0.15, 0.2) is 150 Å². The molecule has 4 aliphatic rings. The maximum Gasteiger partial charge on any atom is 0.248 e. The maximum atomic E-state index is 6.71. The van der Waals surface area contributed by atoms with E-state index in [1.54, 1.807) is 0 Å². The van der Waals surface area contributed by atoms with E-state index in [4.69, 9.17) is 4.42 Å². The average molecular weight is 751 g/mol. The van der Waals surface area contributed by atoms with Crippen LogP contribution in [0.25, 0.3) is 44.2 Å². The van der Waals surface area contributed by atoms with Crippen molar-refractivity contribution in [3.8, 4) is 22.3 Å². The number of hydrogen-bond donors (Lipinski definition) is 0. The summed E-state index contributed by atoms with van der Waals surface area (Å²) in [6.45, 7) is 12.1. The minimum absolute atomic E-state index is 0.0125. The van der Waals surface area contributed by atoms with Gasteiger partial charge in [-0.25, -0.2) is 0 Å². The summed E-state index contributed by atoms with van der Waals surface area (Å²) >= 11 is 0. The lowest BCUT2D eigenvalue weighted by Crippen LogP contribution is -2.55. The first kappa shape index (κ1) is 34.1. The zero-order valence-electron chi connectivity index (χ0n) is 34.1. The highest BCUT2D eigenvalue weighted by atomic mass is 16.3. The third kappa shape index (κ3) is 4.46. The van der Waals surface area contributed by atoms with E-state index < -0.39 is 0 Å². The molecule has 1 aromatic heterocycles. The van der Waals surface area contributed by atoms with Gasteiger partial charge in [-0.05, 0) is 100 Å². The zero-order chi connectivity index (χ0) is 39.1. The summed E-state index contributed by atoms with van der Waals surface area (Å²) in [5.74, 6) is 0. The van der Waals surface area contributed by atoms with Crippen molar-refractivity contribution in [3.05, 3.63) is 157 Å². The van der Waals surface area contributed by atoms with Crippen LogP contribution in [0.4, 0.5) is 28.4 Å². The zero-order valence-corrected chi connectivity index (χ0v) is 34.1. The van der Waals surface area contributed by atoms with Crippen molar-refractivity contribution in [2.75, 3.05) is 9.80 Å². The highest BCUT2D eigenvalue weighted by molar-refractivity contribution is 7.01. The van der Waals surface area contributed by atoms with Gasteiger partial charge in [0.05, 0.1) is 11.2 Å². The Kier molecular flexibility index (Phi) is 6.93. The Labute approximate surface area is 342 Å². The van der Waals surface area contributed by atoms with Gasteiger partial charge < -0.3 is 14.2 Å². The van der Waals surface area contributed by atoms with E-state index >= 15 is 0 Å². The molecule has 1 saturated carbocycles. The van der Waals surface area contributed by atoms with Gasteiger partial charge in [0.15, 0.2) is 0 Å². The van der Waals surface area contributed by atoms with Crippen molar-refractivity contribution >= 4 is 73.5 Å². The molecule has 3 aliphatic heterocycles. The summed E-state index contributed by atoms with van der Waals surface area (Å²) in [4.78, 5) is 5.36. The van der Waals surface area contributed by atoms with Crippen LogP contribution >= 0.6 is 0 Å². The number of anilines is 5. The maximum absolute atomic E-state index is 6.71. The first-order chi connectivity index (χ1) is 28.1. The quantitative estimate of drug-likeness (QED) is 0.168. The van der Waals surface area contributed by atoms with Crippen LogP contribution in [0, 0.1) is 0 Å². The third-order valence-corrected chi connectivity index (χ3v) is 14.8. The predicted octanol–water partition coefficient (Wildman–Crippen LogP) is 12.6. The molecule has 0 radical (unpaired) electrons. The highest BCUT2D eigenvalue weighted by Gasteiger charge is 2.58. The van der Waals surface area contributed by atoms with Crippen LogP contribution in [0.5, 0.6) is 0 Å². The number of para-hydroxylation sites is 2. The molecular weight excluding hydrogens is 703 g/mol. The van der Waals surface area contributed by atoms with Gasteiger partial charge in [-0.2, -0.15) is 0 Å². The van der Waals surface area contributed by atoms with Crippen LogP contribution in [0.1, 0.15) is 71.4 Å². The number of nitrogens with zero attached hydrogens (tertiary/aromatic N) is 2. The number of hydrogen-bond acceptors (Lipinski definition) is 3. The fraction of sp³-hybridized carbons (Fsp3) is 0.222. The third-order valence-electron chi connectivity index (χ3n) is 14.8. The number of rotatable bonds is 3. The van der Waals surface area contributed by atoms with Gasteiger partial charge in [-0.3, -0.25) is 0 Å². The second-order valence-electron chi connectivity index (χ2n) is 18.8. The number of benzene rings is 7. The molecule has 1 fully saturated rings. The largest absolute Gasteiger partial charge is 0.456 e. The van der Waals surface area contributed by atoms with E-state index in [9.17, 15) is 0 Å². The first-order valence-corrected chi connectivity index (χ1v) is 21.3. The molecule has 58 heavy (non-hydrogen) atoms. The molecule has 282 valence electrons. The van der Waals surface area contributed by atoms with Crippen LogP contribution < -0.4 is 26.2 Å². The molecule has 2 atom stereocenters. The van der Waals surface area contributed by atoms with Crippen molar-refractivity contribution in [2.24, 2.45) is 0 Å². The first-order valence-electron chi connectivity index (χ1n) is 21.3. The Morgan fingerprint density at radius 3 is 2.19 bits per heavy atom. The molecule has 0 N–H and O–H groups in total. The summed E-state index contributed by atoms with van der Waals surface area (Å²) in [6.07, 6.45) is 4.87. The molecular formula is C54H47BN2O. The molecule has 1 aliphatic carbocycles. The van der Waals surface area contributed by atoms with Gasteiger partial charge in [-0.1, -0.05) is 149 Å². The summed E-state index contributed by atoms with van der Waals surface area (Å²) in [5, 5.41) is 2.33. The van der Waals surface area contributed by atoms with Crippen molar-refractivity contribution < 1.29 is 4.42 Å². The second kappa shape index (κ2) is 11.8. The molecule has 0 amide bonds. The molecule has 4 heteroatoms. The summed E-state index contributed by atoms with van der Waals surface area (Å²) in [6, 6.07) is 55.1. The lowest BCUT2D eigenvalue weighted by molar-refractivity contribution is 0.195. The molecule has 8 aromatic rings. The molecule has 0 bridgehead atoms. The Morgan fingerprint density at radius 2 is 1.33 bits per heavy atom. The molecule has 2 unspecified atom stereocenters. The minimum Gasteiger partial charge on any atom is -0.456 e. The van der Waals surface area contributed by atoms with Crippen molar-refractivity contribution in [1.82, 2.24) is 0 Å². The van der Waals surface area contributed by atoms with Crippen LogP contribution in [0.2, 0.25) is 0 Å². The van der Waals surface area contributed by atoms with E-state index in [1.807, 2.05) is 0 Å². The standard InChI is InChI=1S/C54H47BN2O/c1-52(2,3)35-25-26-45(39(29-35)34-17-7-6-8-18-34)56-47-33-50-40(38-20-10-14-24-49(38)58-50)32-44(47)55-43-22-12-9-19-37(43)41-30-36(31-48(56)51(41)55)57-46-23-13-11-21-42(46)53(4)27-15-16-28-54(53,57)5/h6-14,17-26,29-33H,15-16,27-28H2,1-5H3. The van der Waals surface area contributed by atoms with Crippen molar-refractivity contribution in [2.45, 2.75) is 76.7 Å². The Balaban J connectivity index is 1.20. The summed E-state index contributed by atoms with van der Waals surface area (Å²) < 4.78 is 6.71. The molecule has 3 nitrogen and oxygen atoms in total. The van der Waals surface area contributed by atoms with Crippen LogP contribution in [-0.4, -0.2) is 12.3 Å². The van der Waals surface area contributed by atoms with Gasteiger partial charge in [0.25, 0.3) is 0 Å². The fourth-order valence-corrected chi connectivity index (χ4v) is 11.7. The molecule has 0 spiro atoms. The molecule has 4 heterocycles. The normalized spacial score (nSPS) is 20.3. The van der Waals surface area contributed by atoms with E-state index in [-0.39, 0.29) is 23.1 Å².